The first-order valence-electron chi connectivity index (χ1n) is 8.00. The van der Waals surface area contributed by atoms with Gasteiger partial charge in [-0.25, -0.2) is 0 Å². The second kappa shape index (κ2) is 7.73. The smallest absolute Gasteiger partial charge is 0.287 e. The van der Waals surface area contributed by atoms with E-state index < -0.39 is 0 Å². The molecule has 6 heteroatoms. The Hall–Kier alpha value is -1.98. The number of rotatable bonds is 6. The Morgan fingerprint density at radius 1 is 1.38 bits per heavy atom. The number of benzene rings is 1. The molecule has 1 unspecified atom stereocenters. The van der Waals surface area contributed by atoms with Crippen molar-refractivity contribution >= 4 is 17.5 Å². The summed E-state index contributed by atoms with van der Waals surface area (Å²) in [6.45, 7) is 3.41. The Morgan fingerprint density at radius 2 is 2.25 bits per heavy atom. The highest BCUT2D eigenvalue weighted by Crippen LogP contribution is 2.28. The van der Waals surface area contributed by atoms with Crippen molar-refractivity contribution < 1.29 is 18.7 Å². The molecule has 1 aliphatic rings. The number of carbonyl (C=O) groups is 1. The van der Waals surface area contributed by atoms with Gasteiger partial charge in [-0.15, -0.1) is 0 Å². The van der Waals surface area contributed by atoms with Crippen LogP contribution in [0, 0.1) is 6.92 Å². The molecule has 1 amide bonds. The minimum Gasteiger partial charge on any atom is -0.484 e. The fourth-order valence-electron chi connectivity index (χ4n) is 2.62. The molecule has 128 valence electrons. The number of amides is 1. The number of para-hydroxylation sites is 1. The van der Waals surface area contributed by atoms with E-state index in [2.05, 4.69) is 5.32 Å². The van der Waals surface area contributed by atoms with Crippen molar-refractivity contribution in [2.45, 2.75) is 32.5 Å². The van der Waals surface area contributed by atoms with E-state index in [9.17, 15) is 4.79 Å². The highest BCUT2D eigenvalue weighted by atomic mass is 35.5. The predicted molar refractivity (Wildman–Crippen MR) is 90.5 cm³/mol. The van der Waals surface area contributed by atoms with Gasteiger partial charge < -0.3 is 19.2 Å². The molecule has 2 heterocycles. The van der Waals surface area contributed by atoms with Gasteiger partial charge in [0.05, 0.1) is 11.1 Å². The fourth-order valence-corrected chi connectivity index (χ4v) is 2.90. The van der Waals surface area contributed by atoms with Gasteiger partial charge in [0.15, 0.2) is 5.76 Å². The van der Waals surface area contributed by atoms with Crippen LogP contribution in [0.4, 0.5) is 0 Å². The number of halogens is 1. The number of hydrogen-bond donors (Lipinski definition) is 1. The lowest BCUT2D eigenvalue weighted by Crippen LogP contribution is -2.31. The number of nitrogens with one attached hydrogen (secondary N) is 1. The normalized spacial score (nSPS) is 17.0. The van der Waals surface area contributed by atoms with Crippen molar-refractivity contribution in [1.82, 2.24) is 5.32 Å². The van der Waals surface area contributed by atoms with Crippen LogP contribution in [0.2, 0.25) is 5.02 Å². The van der Waals surface area contributed by atoms with Gasteiger partial charge in [0.1, 0.15) is 18.1 Å². The molecular weight excluding hydrogens is 330 g/mol. The highest BCUT2D eigenvalue weighted by Gasteiger charge is 2.18. The molecule has 1 aromatic heterocycles. The van der Waals surface area contributed by atoms with E-state index in [0.717, 1.165) is 25.0 Å². The minimum absolute atomic E-state index is 0.106. The molecule has 0 aliphatic carbocycles. The fraction of sp³-hybridized carbons (Fsp3) is 0.389. The molecule has 0 radical (unpaired) electrons. The van der Waals surface area contributed by atoms with E-state index in [4.69, 9.17) is 25.5 Å². The van der Waals surface area contributed by atoms with Crippen LogP contribution in [0.3, 0.4) is 0 Å². The van der Waals surface area contributed by atoms with Crippen molar-refractivity contribution in [1.29, 1.82) is 0 Å². The topological polar surface area (TPSA) is 60.7 Å². The van der Waals surface area contributed by atoms with E-state index >= 15 is 0 Å². The summed E-state index contributed by atoms with van der Waals surface area (Å²) < 4.78 is 16.7. The van der Waals surface area contributed by atoms with E-state index in [1.807, 2.05) is 19.1 Å². The quantitative estimate of drug-likeness (QED) is 0.863. The number of ether oxygens (including phenoxy) is 2. The van der Waals surface area contributed by atoms with Crippen molar-refractivity contribution in [2.75, 3.05) is 13.2 Å². The maximum atomic E-state index is 12.1. The van der Waals surface area contributed by atoms with Crippen LogP contribution >= 0.6 is 11.6 Å². The zero-order valence-electron chi connectivity index (χ0n) is 13.5. The lowest BCUT2D eigenvalue weighted by atomic mass is 10.2. The first-order valence-corrected chi connectivity index (χ1v) is 8.37. The standard InChI is InChI=1S/C18H20ClNO4/c1-12-4-2-6-15(19)17(12)23-11-14-7-8-16(24-14)18(21)20-10-13-5-3-9-22-13/h2,4,6-8,13H,3,5,9-11H2,1H3,(H,20,21). The van der Waals surface area contributed by atoms with E-state index in [-0.39, 0.29) is 24.4 Å². The molecular formula is C18H20ClNO4. The molecule has 0 spiro atoms. The molecule has 3 rings (SSSR count). The number of furan rings is 1. The first-order chi connectivity index (χ1) is 11.6. The first kappa shape index (κ1) is 16.9. The maximum absolute atomic E-state index is 12.1. The van der Waals surface area contributed by atoms with Crippen molar-refractivity contribution in [3.05, 3.63) is 52.4 Å². The van der Waals surface area contributed by atoms with Crippen molar-refractivity contribution in [3.8, 4) is 5.75 Å². The van der Waals surface area contributed by atoms with Gasteiger partial charge in [-0.3, -0.25) is 4.79 Å². The second-order valence-electron chi connectivity index (χ2n) is 5.79. The third-order valence-corrected chi connectivity index (χ3v) is 4.22. The van der Waals surface area contributed by atoms with Gasteiger partial charge in [-0.2, -0.15) is 0 Å². The number of aryl methyl sites for hydroxylation is 1. The van der Waals surface area contributed by atoms with Gasteiger partial charge in [-0.05, 0) is 43.5 Å². The van der Waals surface area contributed by atoms with Crippen LogP contribution < -0.4 is 10.1 Å². The monoisotopic (exact) mass is 349 g/mol. The molecule has 1 aliphatic heterocycles. The molecule has 0 saturated carbocycles. The molecule has 1 saturated heterocycles. The highest BCUT2D eigenvalue weighted by molar-refractivity contribution is 6.32. The van der Waals surface area contributed by atoms with Gasteiger partial charge in [0.2, 0.25) is 0 Å². The summed E-state index contributed by atoms with van der Waals surface area (Å²) in [6.07, 6.45) is 2.13. The van der Waals surface area contributed by atoms with Crippen LogP contribution in [-0.2, 0) is 11.3 Å². The molecule has 1 atom stereocenters. The summed E-state index contributed by atoms with van der Waals surface area (Å²) in [5.41, 5.74) is 0.948. The molecule has 24 heavy (non-hydrogen) atoms. The second-order valence-corrected chi connectivity index (χ2v) is 6.19. The van der Waals surface area contributed by atoms with Crippen LogP contribution in [-0.4, -0.2) is 25.2 Å². The van der Waals surface area contributed by atoms with Gasteiger partial charge >= 0.3 is 0 Å². The van der Waals surface area contributed by atoms with E-state index in [0.29, 0.717) is 23.1 Å². The maximum Gasteiger partial charge on any atom is 0.287 e. The van der Waals surface area contributed by atoms with Crippen LogP contribution in [0.25, 0.3) is 0 Å². The minimum atomic E-state index is -0.245. The lowest BCUT2D eigenvalue weighted by molar-refractivity contribution is 0.0832. The summed E-state index contributed by atoms with van der Waals surface area (Å²) in [4.78, 5) is 12.1. The Bertz CT molecular complexity index is 687. The van der Waals surface area contributed by atoms with Gasteiger partial charge in [-0.1, -0.05) is 23.7 Å². The Morgan fingerprint density at radius 3 is 3.00 bits per heavy atom. The van der Waals surface area contributed by atoms with Crippen LogP contribution in [0.15, 0.2) is 34.7 Å². The van der Waals surface area contributed by atoms with Gasteiger partial charge in [0.25, 0.3) is 5.91 Å². The Balaban J connectivity index is 1.54. The molecule has 1 N–H and O–H groups in total. The van der Waals surface area contributed by atoms with Crippen molar-refractivity contribution in [2.24, 2.45) is 0 Å². The number of carbonyl (C=O) groups excluding carboxylic acids is 1. The summed E-state index contributed by atoms with van der Waals surface area (Å²) in [6, 6.07) is 8.94. The third-order valence-electron chi connectivity index (χ3n) is 3.92. The summed E-state index contributed by atoms with van der Waals surface area (Å²) in [5.74, 6) is 1.21. The summed E-state index contributed by atoms with van der Waals surface area (Å²) >= 11 is 6.12. The SMILES string of the molecule is Cc1cccc(Cl)c1OCc1ccc(C(=O)NCC2CCCO2)o1. The average molecular weight is 350 g/mol. The summed E-state index contributed by atoms with van der Waals surface area (Å²) in [7, 11) is 0. The Kier molecular flexibility index (Phi) is 5.43. The zero-order chi connectivity index (χ0) is 16.9. The summed E-state index contributed by atoms with van der Waals surface area (Å²) in [5, 5.41) is 3.38. The van der Waals surface area contributed by atoms with Crippen LogP contribution in [0.5, 0.6) is 5.75 Å². The Labute approximate surface area is 145 Å². The number of hydrogen-bond acceptors (Lipinski definition) is 4. The molecule has 0 bridgehead atoms. The average Bonchev–Trinajstić information content (AvgIpc) is 3.24. The van der Waals surface area contributed by atoms with E-state index in [1.165, 1.54) is 0 Å². The van der Waals surface area contributed by atoms with Gasteiger partial charge in [0, 0.05) is 13.2 Å². The molecule has 5 nitrogen and oxygen atoms in total. The molecule has 1 fully saturated rings. The lowest BCUT2D eigenvalue weighted by Gasteiger charge is -2.10. The third kappa shape index (κ3) is 4.10. The zero-order valence-corrected chi connectivity index (χ0v) is 14.3. The van der Waals surface area contributed by atoms with Crippen LogP contribution in [0.1, 0.15) is 34.7 Å². The van der Waals surface area contributed by atoms with E-state index in [1.54, 1.807) is 18.2 Å². The molecule has 2 aromatic rings. The largest absolute Gasteiger partial charge is 0.484 e. The van der Waals surface area contributed by atoms with Crippen molar-refractivity contribution in [3.63, 3.8) is 0 Å². The molecule has 1 aromatic carbocycles. The predicted octanol–water partition coefficient (Wildman–Crippen LogP) is 3.73.